The van der Waals surface area contributed by atoms with Gasteiger partial charge >= 0.3 is 0 Å². The Bertz CT molecular complexity index is 214. The van der Waals surface area contributed by atoms with Crippen LogP contribution in [0.2, 0.25) is 0 Å². The van der Waals surface area contributed by atoms with Gasteiger partial charge in [0.1, 0.15) is 0 Å². The van der Waals surface area contributed by atoms with E-state index in [0.29, 0.717) is 6.10 Å². The Kier molecular flexibility index (Phi) is 5.34. The molecule has 1 heteroatoms. The van der Waals surface area contributed by atoms with E-state index in [4.69, 9.17) is 4.74 Å². The van der Waals surface area contributed by atoms with Crippen molar-refractivity contribution < 1.29 is 4.74 Å². The van der Waals surface area contributed by atoms with Crippen molar-refractivity contribution in [2.75, 3.05) is 6.61 Å². The minimum absolute atomic E-state index is 0.596. The first-order chi connectivity index (χ1) is 8.33. The average molecular weight is 238 g/mol. The van der Waals surface area contributed by atoms with Crippen LogP contribution >= 0.6 is 0 Å². The highest BCUT2D eigenvalue weighted by Crippen LogP contribution is 2.44. The second-order valence-corrected chi connectivity index (χ2v) is 6.29. The van der Waals surface area contributed by atoms with E-state index in [-0.39, 0.29) is 0 Å². The Morgan fingerprint density at radius 3 is 2.41 bits per heavy atom. The van der Waals surface area contributed by atoms with Crippen molar-refractivity contribution in [3.63, 3.8) is 0 Å². The first-order valence-electron chi connectivity index (χ1n) is 7.95. The standard InChI is InChI=1S/C16H30O/c1-3-5-13-6-7-15-12-16(17-10-4-2)9-8-14(15)11-13/h13-16H,3-12H2,1-2H3. The zero-order chi connectivity index (χ0) is 12.1. The van der Waals surface area contributed by atoms with Crippen LogP contribution in [0.15, 0.2) is 0 Å². The number of fused-ring (bicyclic) bond motifs is 1. The Morgan fingerprint density at radius 1 is 0.882 bits per heavy atom. The molecule has 0 saturated heterocycles. The van der Waals surface area contributed by atoms with Crippen LogP contribution in [0.3, 0.4) is 0 Å². The van der Waals surface area contributed by atoms with E-state index < -0.39 is 0 Å². The van der Waals surface area contributed by atoms with Crippen molar-refractivity contribution in [1.29, 1.82) is 0 Å². The smallest absolute Gasteiger partial charge is 0.0578 e. The molecule has 0 spiro atoms. The molecule has 0 heterocycles. The number of hydrogen-bond acceptors (Lipinski definition) is 1. The monoisotopic (exact) mass is 238 g/mol. The molecule has 0 aromatic heterocycles. The zero-order valence-corrected chi connectivity index (χ0v) is 11.8. The average Bonchev–Trinajstić information content (AvgIpc) is 2.36. The van der Waals surface area contributed by atoms with Gasteiger partial charge < -0.3 is 4.74 Å². The summed E-state index contributed by atoms with van der Waals surface area (Å²) in [5, 5.41) is 0. The lowest BCUT2D eigenvalue weighted by atomic mass is 9.66. The zero-order valence-electron chi connectivity index (χ0n) is 11.8. The molecular formula is C16H30O. The van der Waals surface area contributed by atoms with Gasteiger partial charge in [-0.3, -0.25) is 0 Å². The summed E-state index contributed by atoms with van der Waals surface area (Å²) in [6, 6.07) is 0. The van der Waals surface area contributed by atoms with E-state index in [0.717, 1.165) is 24.4 Å². The largest absolute Gasteiger partial charge is 0.378 e. The maximum Gasteiger partial charge on any atom is 0.0578 e. The lowest BCUT2D eigenvalue weighted by Gasteiger charge is -2.42. The lowest BCUT2D eigenvalue weighted by molar-refractivity contribution is -0.0194. The van der Waals surface area contributed by atoms with Crippen LogP contribution in [-0.4, -0.2) is 12.7 Å². The van der Waals surface area contributed by atoms with Crippen molar-refractivity contribution in [3.8, 4) is 0 Å². The van der Waals surface area contributed by atoms with E-state index in [2.05, 4.69) is 13.8 Å². The molecule has 0 aromatic carbocycles. The maximum atomic E-state index is 5.96. The third-order valence-electron chi connectivity index (χ3n) is 4.93. The molecule has 2 aliphatic rings. The normalized spacial score (nSPS) is 37.8. The Morgan fingerprint density at radius 2 is 1.65 bits per heavy atom. The van der Waals surface area contributed by atoms with Gasteiger partial charge in [0.25, 0.3) is 0 Å². The van der Waals surface area contributed by atoms with Crippen LogP contribution in [-0.2, 0) is 4.74 Å². The SMILES string of the molecule is CCCOC1CCC2CC(CCC)CCC2C1. The third-order valence-corrected chi connectivity index (χ3v) is 4.93. The molecule has 0 bridgehead atoms. The Hall–Kier alpha value is -0.0400. The molecule has 4 unspecified atom stereocenters. The molecule has 0 aromatic rings. The van der Waals surface area contributed by atoms with Crippen molar-refractivity contribution in [2.45, 2.75) is 77.7 Å². The highest BCUT2D eigenvalue weighted by Gasteiger charge is 2.35. The minimum atomic E-state index is 0.596. The summed E-state index contributed by atoms with van der Waals surface area (Å²) < 4.78 is 5.96. The van der Waals surface area contributed by atoms with Crippen LogP contribution in [0, 0.1) is 17.8 Å². The fourth-order valence-corrected chi connectivity index (χ4v) is 4.05. The number of rotatable bonds is 5. The first kappa shape index (κ1) is 13.4. The summed E-state index contributed by atoms with van der Waals surface area (Å²) >= 11 is 0. The topological polar surface area (TPSA) is 9.23 Å². The van der Waals surface area contributed by atoms with Gasteiger partial charge in [0.2, 0.25) is 0 Å². The van der Waals surface area contributed by atoms with Gasteiger partial charge in [-0.05, 0) is 56.3 Å². The molecule has 17 heavy (non-hydrogen) atoms. The molecule has 100 valence electrons. The van der Waals surface area contributed by atoms with E-state index in [1.807, 2.05) is 0 Å². The van der Waals surface area contributed by atoms with Crippen molar-refractivity contribution in [1.82, 2.24) is 0 Å². The third kappa shape index (κ3) is 3.71. The molecule has 2 saturated carbocycles. The van der Waals surface area contributed by atoms with Gasteiger partial charge in [-0.15, -0.1) is 0 Å². The molecular weight excluding hydrogens is 208 g/mol. The molecule has 0 radical (unpaired) electrons. The lowest BCUT2D eigenvalue weighted by Crippen LogP contribution is -2.34. The first-order valence-corrected chi connectivity index (χ1v) is 7.95. The van der Waals surface area contributed by atoms with Gasteiger partial charge in [0, 0.05) is 6.61 Å². The maximum absolute atomic E-state index is 5.96. The van der Waals surface area contributed by atoms with E-state index in [9.17, 15) is 0 Å². The molecule has 0 N–H and O–H groups in total. The second-order valence-electron chi connectivity index (χ2n) is 6.29. The second kappa shape index (κ2) is 6.78. The molecule has 1 nitrogen and oxygen atoms in total. The summed E-state index contributed by atoms with van der Waals surface area (Å²) in [5.74, 6) is 3.09. The van der Waals surface area contributed by atoms with Crippen LogP contribution in [0.1, 0.15) is 71.6 Å². The van der Waals surface area contributed by atoms with Crippen LogP contribution < -0.4 is 0 Å². The molecule has 0 aliphatic heterocycles. The highest BCUT2D eigenvalue weighted by molar-refractivity contribution is 4.86. The minimum Gasteiger partial charge on any atom is -0.378 e. The summed E-state index contributed by atoms with van der Waals surface area (Å²) in [5.41, 5.74) is 0. The summed E-state index contributed by atoms with van der Waals surface area (Å²) in [4.78, 5) is 0. The van der Waals surface area contributed by atoms with Gasteiger partial charge in [0.05, 0.1) is 6.10 Å². The number of hydrogen-bond donors (Lipinski definition) is 0. The molecule has 2 rings (SSSR count). The van der Waals surface area contributed by atoms with Gasteiger partial charge in [-0.25, -0.2) is 0 Å². The van der Waals surface area contributed by atoms with Crippen molar-refractivity contribution in [2.24, 2.45) is 17.8 Å². The van der Waals surface area contributed by atoms with Gasteiger partial charge in [-0.2, -0.15) is 0 Å². The molecule has 0 amide bonds. The molecule has 2 fully saturated rings. The fraction of sp³-hybridized carbons (Fsp3) is 1.00. The predicted molar refractivity (Wildman–Crippen MR) is 73.1 cm³/mol. The van der Waals surface area contributed by atoms with Crippen LogP contribution in [0.5, 0.6) is 0 Å². The Labute approximate surface area is 107 Å². The van der Waals surface area contributed by atoms with Crippen LogP contribution in [0.4, 0.5) is 0 Å². The Balaban J connectivity index is 1.76. The van der Waals surface area contributed by atoms with E-state index in [1.165, 1.54) is 57.8 Å². The van der Waals surface area contributed by atoms with E-state index >= 15 is 0 Å². The van der Waals surface area contributed by atoms with Crippen molar-refractivity contribution >= 4 is 0 Å². The summed E-state index contributed by atoms with van der Waals surface area (Å²) in [6.07, 6.45) is 13.3. The quantitative estimate of drug-likeness (QED) is 0.668. The number of ether oxygens (including phenoxy) is 1. The summed E-state index contributed by atoms with van der Waals surface area (Å²) in [6.45, 7) is 5.52. The van der Waals surface area contributed by atoms with Crippen molar-refractivity contribution in [3.05, 3.63) is 0 Å². The molecule has 4 atom stereocenters. The van der Waals surface area contributed by atoms with E-state index in [1.54, 1.807) is 0 Å². The molecule has 2 aliphatic carbocycles. The van der Waals surface area contributed by atoms with Crippen LogP contribution in [0.25, 0.3) is 0 Å². The highest BCUT2D eigenvalue weighted by atomic mass is 16.5. The van der Waals surface area contributed by atoms with Gasteiger partial charge in [-0.1, -0.05) is 33.1 Å². The van der Waals surface area contributed by atoms with Gasteiger partial charge in [0.15, 0.2) is 0 Å². The predicted octanol–water partition coefficient (Wildman–Crippen LogP) is 4.80. The fourth-order valence-electron chi connectivity index (χ4n) is 4.05. The summed E-state index contributed by atoms with van der Waals surface area (Å²) in [7, 11) is 0.